The number of nitrogens with one attached hydrogen (secondary N) is 1. The number of pyridine rings is 1. The van der Waals surface area contributed by atoms with Gasteiger partial charge >= 0.3 is 0 Å². The summed E-state index contributed by atoms with van der Waals surface area (Å²) < 4.78 is 0. The van der Waals surface area contributed by atoms with Gasteiger partial charge in [0, 0.05) is 32.2 Å². The van der Waals surface area contributed by atoms with Gasteiger partial charge in [0.1, 0.15) is 17.5 Å². The first kappa shape index (κ1) is 17.2. The fourth-order valence-corrected chi connectivity index (χ4v) is 3.15. The quantitative estimate of drug-likeness (QED) is 0.615. The summed E-state index contributed by atoms with van der Waals surface area (Å²) in [4.78, 5) is 30.7. The number of nitrogens with zero attached hydrogens (tertiary/aromatic N) is 6. The lowest BCUT2D eigenvalue weighted by Gasteiger charge is -2.35. The van der Waals surface area contributed by atoms with E-state index in [1.807, 2.05) is 11.8 Å². The average molecular weight is 363 g/mol. The van der Waals surface area contributed by atoms with Crippen molar-refractivity contribution in [2.45, 2.75) is 6.92 Å². The summed E-state index contributed by atoms with van der Waals surface area (Å²) in [7, 11) is 0. The molecule has 2 aromatic rings. The van der Waals surface area contributed by atoms with Crippen LogP contribution in [0, 0.1) is 17.0 Å². The zero-order valence-electron chi connectivity index (χ0n) is 13.6. The largest absolute Gasteiger partial charge is 0.354 e. The van der Waals surface area contributed by atoms with Crippen molar-refractivity contribution in [3.05, 3.63) is 33.5 Å². The lowest BCUT2D eigenvalue weighted by Crippen LogP contribution is -2.49. The van der Waals surface area contributed by atoms with Crippen molar-refractivity contribution in [1.29, 1.82) is 0 Å². The van der Waals surface area contributed by atoms with Crippen LogP contribution < -0.4 is 10.2 Å². The van der Waals surface area contributed by atoms with E-state index in [4.69, 9.17) is 0 Å². The Labute approximate surface area is 147 Å². The smallest absolute Gasteiger partial charge is 0.287 e. The molecule has 3 heterocycles. The van der Waals surface area contributed by atoms with Crippen LogP contribution in [-0.2, 0) is 4.79 Å². The second kappa shape index (κ2) is 7.49. The van der Waals surface area contributed by atoms with Crippen molar-refractivity contribution in [2.75, 3.05) is 42.9 Å². The zero-order chi connectivity index (χ0) is 17.8. The van der Waals surface area contributed by atoms with Gasteiger partial charge in [-0.2, -0.15) is 0 Å². The van der Waals surface area contributed by atoms with E-state index in [9.17, 15) is 14.9 Å². The molecule has 0 spiro atoms. The molecule has 1 aliphatic heterocycles. The Kier molecular flexibility index (Phi) is 5.14. The van der Waals surface area contributed by atoms with Crippen LogP contribution in [0.2, 0.25) is 0 Å². The highest BCUT2D eigenvalue weighted by atomic mass is 32.1. The van der Waals surface area contributed by atoms with E-state index in [1.54, 1.807) is 5.51 Å². The van der Waals surface area contributed by atoms with E-state index < -0.39 is 4.92 Å². The predicted octanol–water partition coefficient (Wildman–Crippen LogP) is 0.910. The van der Waals surface area contributed by atoms with Gasteiger partial charge in [-0.15, -0.1) is 10.2 Å². The molecule has 1 aliphatic rings. The van der Waals surface area contributed by atoms with Crippen molar-refractivity contribution in [2.24, 2.45) is 0 Å². The van der Waals surface area contributed by atoms with Crippen LogP contribution >= 0.6 is 11.3 Å². The van der Waals surface area contributed by atoms with Gasteiger partial charge in [-0.3, -0.25) is 25.1 Å². The van der Waals surface area contributed by atoms with Crippen LogP contribution in [0.15, 0.2) is 17.8 Å². The number of nitro groups is 1. The van der Waals surface area contributed by atoms with Crippen LogP contribution in [0.3, 0.4) is 0 Å². The number of amides is 1. The number of aryl methyl sites for hydroxylation is 1. The molecular formula is C14H17N7O3S. The number of hydrogen-bond acceptors (Lipinski definition) is 9. The number of carbonyl (C=O) groups is 1. The highest BCUT2D eigenvalue weighted by molar-refractivity contribution is 7.13. The van der Waals surface area contributed by atoms with Crippen molar-refractivity contribution in [1.82, 2.24) is 20.1 Å². The minimum atomic E-state index is -0.446. The lowest BCUT2D eigenvalue weighted by atomic mass is 10.2. The summed E-state index contributed by atoms with van der Waals surface area (Å²) in [6.07, 6.45) is 1.28. The van der Waals surface area contributed by atoms with Crippen LogP contribution in [0.25, 0.3) is 0 Å². The molecule has 1 fully saturated rings. The van der Waals surface area contributed by atoms with Crippen molar-refractivity contribution < 1.29 is 9.72 Å². The number of aromatic nitrogens is 3. The molecule has 0 unspecified atom stereocenters. The summed E-state index contributed by atoms with van der Waals surface area (Å²) in [5.74, 6) is 0.637. The first-order chi connectivity index (χ1) is 12.0. The molecule has 3 rings (SSSR count). The monoisotopic (exact) mass is 363 g/mol. The first-order valence-electron chi connectivity index (χ1n) is 7.67. The molecular weight excluding hydrogens is 346 g/mol. The van der Waals surface area contributed by atoms with E-state index in [-0.39, 0.29) is 11.6 Å². The van der Waals surface area contributed by atoms with Crippen LogP contribution in [0.1, 0.15) is 5.56 Å². The molecule has 1 saturated heterocycles. The number of hydrogen-bond donors (Lipinski definition) is 1. The number of anilines is 2. The third-order valence-corrected chi connectivity index (χ3v) is 4.50. The highest BCUT2D eigenvalue weighted by Gasteiger charge is 2.22. The Morgan fingerprint density at radius 3 is 2.76 bits per heavy atom. The lowest BCUT2D eigenvalue weighted by molar-refractivity contribution is -0.385. The Balaban J connectivity index is 1.53. The Hall–Kier alpha value is -2.66. The third-order valence-electron chi connectivity index (χ3n) is 3.89. The average Bonchev–Trinajstić information content (AvgIpc) is 3.08. The van der Waals surface area contributed by atoms with Crippen molar-refractivity contribution >= 4 is 33.9 Å². The molecule has 10 nitrogen and oxygen atoms in total. The summed E-state index contributed by atoms with van der Waals surface area (Å²) in [6.45, 7) is 4.94. The molecule has 11 heteroatoms. The second-order valence-corrected chi connectivity index (χ2v) is 6.48. The Morgan fingerprint density at radius 1 is 1.40 bits per heavy atom. The fourth-order valence-electron chi connectivity index (χ4n) is 2.69. The number of carbonyl (C=O) groups excluding carboxylic acids is 1. The van der Waals surface area contributed by atoms with Crippen LogP contribution in [0.4, 0.5) is 16.6 Å². The number of piperazine rings is 1. The van der Waals surface area contributed by atoms with Gasteiger partial charge in [0.2, 0.25) is 11.0 Å². The maximum atomic E-state index is 12.0. The predicted molar refractivity (Wildman–Crippen MR) is 92.8 cm³/mol. The van der Waals surface area contributed by atoms with E-state index in [0.717, 1.165) is 11.4 Å². The molecule has 25 heavy (non-hydrogen) atoms. The molecule has 2 aromatic heterocycles. The van der Waals surface area contributed by atoms with E-state index >= 15 is 0 Å². The second-order valence-electron chi connectivity index (χ2n) is 5.65. The van der Waals surface area contributed by atoms with Gasteiger partial charge in [0.15, 0.2) is 0 Å². The van der Waals surface area contributed by atoms with Gasteiger partial charge in [-0.25, -0.2) is 4.98 Å². The molecule has 0 aliphatic carbocycles. The van der Waals surface area contributed by atoms with Crippen molar-refractivity contribution in [3.63, 3.8) is 0 Å². The van der Waals surface area contributed by atoms with Crippen molar-refractivity contribution in [3.8, 4) is 0 Å². The maximum Gasteiger partial charge on any atom is 0.287 e. The molecule has 1 amide bonds. The number of rotatable bonds is 5. The first-order valence-corrected chi connectivity index (χ1v) is 8.55. The molecule has 0 atom stereocenters. The molecule has 0 aromatic carbocycles. The molecule has 0 saturated carbocycles. The Morgan fingerprint density at radius 2 is 2.16 bits per heavy atom. The molecule has 0 bridgehead atoms. The highest BCUT2D eigenvalue weighted by Crippen LogP contribution is 2.22. The SMILES string of the molecule is Cc1cc([N+](=O)[O-])cnc1N1CCN(CC(=O)Nc2nncs2)CC1. The van der Waals surface area contributed by atoms with Gasteiger partial charge in [-0.05, 0) is 12.5 Å². The molecule has 0 radical (unpaired) electrons. The van der Waals surface area contributed by atoms with Crippen LogP contribution in [0.5, 0.6) is 0 Å². The van der Waals surface area contributed by atoms with Gasteiger partial charge in [-0.1, -0.05) is 11.3 Å². The summed E-state index contributed by atoms with van der Waals surface area (Å²) in [5, 5.41) is 21.5. The standard InChI is InChI=1S/C14H17N7O3S/c1-10-6-11(21(23)24)7-15-13(10)20-4-2-19(3-5-20)8-12(22)17-14-18-16-9-25-14/h6-7,9H,2-5,8H2,1H3,(H,17,18,22). The summed E-state index contributed by atoms with van der Waals surface area (Å²) in [5.41, 5.74) is 2.33. The van der Waals surface area contributed by atoms with E-state index in [2.05, 4.69) is 25.4 Å². The summed E-state index contributed by atoms with van der Waals surface area (Å²) in [6, 6.07) is 1.53. The summed E-state index contributed by atoms with van der Waals surface area (Å²) >= 11 is 1.28. The van der Waals surface area contributed by atoms with Gasteiger partial charge in [0.25, 0.3) is 5.69 Å². The minimum Gasteiger partial charge on any atom is -0.354 e. The fraction of sp³-hybridized carbons (Fsp3) is 0.429. The Bertz CT molecular complexity index is 760. The topological polar surface area (TPSA) is 117 Å². The van der Waals surface area contributed by atoms with Gasteiger partial charge < -0.3 is 4.90 Å². The minimum absolute atomic E-state index is 0.00627. The third kappa shape index (κ3) is 4.25. The van der Waals surface area contributed by atoms with E-state index in [1.165, 1.54) is 23.6 Å². The normalized spacial score (nSPS) is 15.2. The molecule has 1 N–H and O–H groups in total. The molecule has 132 valence electrons. The van der Waals surface area contributed by atoms with Crippen LogP contribution in [-0.4, -0.2) is 63.6 Å². The van der Waals surface area contributed by atoms with E-state index in [0.29, 0.717) is 37.9 Å². The zero-order valence-corrected chi connectivity index (χ0v) is 14.4. The maximum absolute atomic E-state index is 12.0. The van der Waals surface area contributed by atoms with Gasteiger partial charge in [0.05, 0.1) is 11.5 Å².